The van der Waals surface area contributed by atoms with E-state index in [1.165, 1.54) is 38.6 Å². The highest BCUT2D eigenvalue weighted by Crippen LogP contribution is 2.37. The van der Waals surface area contributed by atoms with Crippen LogP contribution >= 0.6 is 8.20 Å². The van der Waals surface area contributed by atoms with Gasteiger partial charge in [-0.3, -0.25) is 0 Å². The number of rotatable bonds is 3. The van der Waals surface area contributed by atoms with E-state index < -0.39 is 0 Å². The highest BCUT2D eigenvalue weighted by Gasteiger charge is 2.13. The van der Waals surface area contributed by atoms with Gasteiger partial charge >= 0.3 is 0 Å². The highest BCUT2D eigenvalue weighted by atomic mass is 31.1. The van der Waals surface area contributed by atoms with Gasteiger partial charge in [0.2, 0.25) is 0 Å². The van der Waals surface area contributed by atoms with Gasteiger partial charge in [0.1, 0.15) is 0 Å². The Balaban J connectivity index is 2.15. The van der Waals surface area contributed by atoms with Gasteiger partial charge in [0.05, 0.1) is 0 Å². The molecule has 62 valence electrons. The van der Waals surface area contributed by atoms with Crippen LogP contribution in [0.2, 0.25) is 0 Å². The van der Waals surface area contributed by atoms with E-state index in [0.29, 0.717) is 0 Å². The summed E-state index contributed by atoms with van der Waals surface area (Å²) < 4.78 is 0. The van der Waals surface area contributed by atoms with Crippen LogP contribution in [0.4, 0.5) is 0 Å². The molecule has 0 spiro atoms. The standard InChI is InChI=1S/C11H13P/c1-2-3-7-11-10-6-4-5-9(10)8-12-11/h4-6,8H,2-3,7H2,1H3. The molecule has 1 heteroatoms. The zero-order valence-corrected chi connectivity index (χ0v) is 8.27. The maximum atomic E-state index is 2.32. The number of fused-ring (bicyclic) bond motifs is 1. The molecule has 0 atom stereocenters. The molecular formula is C11H13P. The summed E-state index contributed by atoms with van der Waals surface area (Å²) >= 11 is 0. The predicted octanol–water partition coefficient (Wildman–Crippen LogP) is 3.69. The molecule has 2 aliphatic rings. The Hall–Kier alpha value is -0.610. The Morgan fingerprint density at radius 2 is 2.33 bits per heavy atom. The minimum atomic E-state index is 1.28. The fraction of sp³-hybridized carbons (Fsp3) is 0.364. The smallest absolute Gasteiger partial charge is 0.0103 e. The molecule has 0 bridgehead atoms. The van der Waals surface area contributed by atoms with Crippen LogP contribution in [0.1, 0.15) is 26.2 Å². The van der Waals surface area contributed by atoms with Crippen molar-refractivity contribution in [2.45, 2.75) is 26.2 Å². The van der Waals surface area contributed by atoms with E-state index in [4.69, 9.17) is 0 Å². The number of hydrogen-bond acceptors (Lipinski definition) is 0. The van der Waals surface area contributed by atoms with Crippen LogP contribution in [-0.4, -0.2) is 5.80 Å². The van der Waals surface area contributed by atoms with Crippen molar-refractivity contribution in [1.82, 2.24) is 0 Å². The molecule has 0 saturated heterocycles. The monoisotopic (exact) mass is 176 g/mol. The molecule has 0 nitrogen and oxygen atoms in total. The highest BCUT2D eigenvalue weighted by molar-refractivity contribution is 7.44. The fourth-order valence-corrected chi connectivity index (χ4v) is 2.72. The summed E-state index contributed by atoms with van der Waals surface area (Å²) in [5.41, 5.74) is 2.95. The van der Waals surface area contributed by atoms with Crippen LogP contribution in [0.15, 0.2) is 34.7 Å². The Morgan fingerprint density at radius 1 is 1.42 bits per heavy atom. The molecule has 0 radical (unpaired) electrons. The van der Waals surface area contributed by atoms with Crippen LogP contribution in [0.25, 0.3) is 0 Å². The van der Waals surface area contributed by atoms with Gasteiger partial charge in [0.25, 0.3) is 0 Å². The zero-order valence-electron chi connectivity index (χ0n) is 7.38. The lowest BCUT2D eigenvalue weighted by Crippen LogP contribution is -1.80. The van der Waals surface area contributed by atoms with Crippen molar-refractivity contribution in [2.75, 3.05) is 0 Å². The predicted molar refractivity (Wildman–Crippen MR) is 56.8 cm³/mol. The molecular weight excluding hydrogens is 163 g/mol. The van der Waals surface area contributed by atoms with Crippen LogP contribution < -0.4 is 0 Å². The molecule has 0 unspecified atom stereocenters. The maximum absolute atomic E-state index is 2.32. The van der Waals surface area contributed by atoms with Crippen molar-refractivity contribution in [3.63, 3.8) is 0 Å². The topological polar surface area (TPSA) is 0 Å². The van der Waals surface area contributed by atoms with Gasteiger partial charge in [-0.25, -0.2) is 0 Å². The maximum Gasteiger partial charge on any atom is -0.0103 e. The van der Waals surface area contributed by atoms with Crippen molar-refractivity contribution in [1.29, 1.82) is 0 Å². The van der Waals surface area contributed by atoms with Crippen molar-refractivity contribution in [3.05, 3.63) is 34.7 Å². The molecule has 1 aliphatic carbocycles. The molecule has 0 aromatic carbocycles. The first-order chi connectivity index (χ1) is 5.92. The summed E-state index contributed by atoms with van der Waals surface area (Å²) in [6, 6.07) is 0. The molecule has 0 aromatic heterocycles. The third-order valence-electron chi connectivity index (χ3n) is 2.29. The average molecular weight is 176 g/mol. The molecule has 12 heavy (non-hydrogen) atoms. The summed E-state index contributed by atoms with van der Waals surface area (Å²) in [5, 5.41) is 1.62. The van der Waals surface area contributed by atoms with Crippen molar-refractivity contribution in [3.8, 4) is 0 Å². The average Bonchev–Trinajstić information content (AvgIpc) is 2.62. The van der Waals surface area contributed by atoms with E-state index in [1.54, 1.807) is 5.31 Å². The normalized spacial score (nSPS) is 20.2. The lowest BCUT2D eigenvalue weighted by atomic mass is 10.1. The van der Waals surface area contributed by atoms with Crippen molar-refractivity contribution >= 4 is 14.0 Å². The van der Waals surface area contributed by atoms with Crippen LogP contribution in [-0.2, 0) is 0 Å². The Labute approximate surface area is 75.5 Å². The van der Waals surface area contributed by atoms with Crippen molar-refractivity contribution in [2.24, 2.45) is 0 Å². The Kier molecular flexibility index (Phi) is 2.28. The van der Waals surface area contributed by atoms with Gasteiger partial charge in [0.15, 0.2) is 0 Å². The third-order valence-corrected chi connectivity index (χ3v) is 3.47. The van der Waals surface area contributed by atoms with Crippen LogP contribution in [0.3, 0.4) is 0 Å². The van der Waals surface area contributed by atoms with E-state index in [1.807, 2.05) is 0 Å². The lowest BCUT2D eigenvalue weighted by molar-refractivity contribution is 0.807. The molecule has 2 rings (SSSR count). The quantitative estimate of drug-likeness (QED) is 0.575. The summed E-state index contributed by atoms with van der Waals surface area (Å²) in [6.07, 6.45) is 10.5. The summed E-state index contributed by atoms with van der Waals surface area (Å²) in [6.45, 7) is 2.25. The van der Waals surface area contributed by atoms with Gasteiger partial charge in [0, 0.05) is 0 Å². The largest absolute Gasteiger partial charge is 0.0716 e. The third kappa shape index (κ3) is 1.32. The second kappa shape index (κ2) is 3.41. The molecule has 0 fully saturated rings. The fourth-order valence-electron chi connectivity index (χ4n) is 1.57. The second-order valence-corrected chi connectivity index (χ2v) is 4.26. The molecule has 0 aromatic rings. The van der Waals surface area contributed by atoms with Gasteiger partial charge < -0.3 is 0 Å². The summed E-state index contributed by atoms with van der Waals surface area (Å²) in [7, 11) is 1.44. The van der Waals surface area contributed by atoms with Gasteiger partial charge in [-0.2, -0.15) is 0 Å². The molecule has 1 heterocycles. The SMILES string of the molecule is CCCCC1=C2C=CC=C2C=P1. The molecule has 0 N–H and O–H groups in total. The van der Waals surface area contributed by atoms with Crippen LogP contribution in [0.5, 0.6) is 0 Å². The van der Waals surface area contributed by atoms with Crippen molar-refractivity contribution < 1.29 is 0 Å². The van der Waals surface area contributed by atoms with E-state index in [2.05, 4.69) is 30.9 Å². The summed E-state index contributed by atoms with van der Waals surface area (Å²) in [4.78, 5) is 0. The number of allylic oxidation sites excluding steroid dienone is 6. The molecule has 0 saturated carbocycles. The van der Waals surface area contributed by atoms with E-state index in [0.717, 1.165) is 0 Å². The zero-order chi connectivity index (χ0) is 8.39. The van der Waals surface area contributed by atoms with Gasteiger partial charge in [-0.1, -0.05) is 39.8 Å². The number of hydrogen-bond donors (Lipinski definition) is 0. The first-order valence-corrected chi connectivity index (χ1v) is 5.54. The minimum Gasteiger partial charge on any atom is -0.0716 e. The van der Waals surface area contributed by atoms with E-state index in [-0.39, 0.29) is 0 Å². The lowest BCUT2D eigenvalue weighted by Gasteiger charge is -1.99. The van der Waals surface area contributed by atoms with Crippen LogP contribution in [0, 0.1) is 0 Å². The Bertz CT molecular complexity index is 303. The molecule has 0 amide bonds. The van der Waals surface area contributed by atoms with Gasteiger partial charge in [-0.15, -0.1) is 0 Å². The van der Waals surface area contributed by atoms with E-state index >= 15 is 0 Å². The second-order valence-electron chi connectivity index (χ2n) is 3.20. The minimum absolute atomic E-state index is 1.28. The molecule has 1 aliphatic heterocycles. The first-order valence-electron chi connectivity index (χ1n) is 4.58. The van der Waals surface area contributed by atoms with E-state index in [9.17, 15) is 0 Å². The number of unbranched alkanes of at least 4 members (excludes halogenated alkanes) is 1. The van der Waals surface area contributed by atoms with Gasteiger partial charge in [-0.05, 0) is 35.1 Å². The summed E-state index contributed by atoms with van der Waals surface area (Å²) in [5.74, 6) is 2.32. The first kappa shape index (κ1) is 8.01. The Morgan fingerprint density at radius 3 is 3.17 bits per heavy atom.